The molecule has 2 nitrogen and oxygen atoms in total. The van der Waals surface area contributed by atoms with Gasteiger partial charge in [0.2, 0.25) is 0 Å². The van der Waals surface area contributed by atoms with Crippen LogP contribution in [0.4, 0.5) is 0 Å². The molecule has 64 valence electrons. The second-order valence-corrected chi connectivity index (χ2v) is 1.85. The minimum atomic E-state index is 0.343. The number of hydrogen-bond donors (Lipinski definition) is 1. The lowest BCUT2D eigenvalue weighted by Gasteiger charge is -2.07. The molecule has 1 unspecified atom stereocenters. The van der Waals surface area contributed by atoms with Crippen LogP contribution in [-0.4, -0.2) is 26.3 Å². The molecule has 0 amide bonds. The normalized spacial score (nSPS) is 11.7. The largest absolute Gasteiger partial charge is 0.380 e. The van der Waals surface area contributed by atoms with E-state index in [1.807, 2.05) is 20.8 Å². The first-order chi connectivity index (χ1) is 4.81. The number of hydrogen-bond acceptors (Lipinski definition) is 2. The molecule has 1 N–H and O–H groups in total. The van der Waals surface area contributed by atoms with Crippen molar-refractivity contribution in [3.63, 3.8) is 0 Å². The lowest BCUT2D eigenvalue weighted by Crippen LogP contribution is -2.25. The van der Waals surface area contributed by atoms with Crippen molar-refractivity contribution in [1.29, 1.82) is 0 Å². The van der Waals surface area contributed by atoms with Crippen molar-refractivity contribution >= 4 is 0 Å². The summed E-state index contributed by atoms with van der Waals surface area (Å²) in [6, 6.07) is 0. The molecule has 10 heavy (non-hydrogen) atoms. The lowest BCUT2D eigenvalue weighted by atomic mass is 10.4. The van der Waals surface area contributed by atoms with Gasteiger partial charge in [0.15, 0.2) is 0 Å². The summed E-state index contributed by atoms with van der Waals surface area (Å²) in [5, 5.41) is 3.17. The molecule has 0 saturated heterocycles. The van der Waals surface area contributed by atoms with Crippen LogP contribution in [0.1, 0.15) is 27.7 Å². The van der Waals surface area contributed by atoms with Crippen LogP contribution in [0.25, 0.3) is 0 Å². The van der Waals surface area contributed by atoms with Gasteiger partial charge in [-0.3, -0.25) is 0 Å². The number of nitrogens with one attached hydrogen (secondary N) is 1. The smallest absolute Gasteiger partial charge is 0.0667 e. The Morgan fingerprint density at radius 3 is 2.20 bits per heavy atom. The molecule has 0 aromatic carbocycles. The summed E-state index contributed by atoms with van der Waals surface area (Å²) in [6.07, 6.45) is 0.343. The second-order valence-electron chi connectivity index (χ2n) is 1.85. The van der Waals surface area contributed by atoms with Gasteiger partial charge in [-0.1, -0.05) is 20.8 Å². The highest BCUT2D eigenvalue weighted by molar-refractivity contribution is 4.50. The Balaban J connectivity index is 0. The zero-order chi connectivity index (χ0) is 8.41. The fraction of sp³-hybridized carbons (Fsp3) is 1.00. The van der Waals surface area contributed by atoms with Crippen molar-refractivity contribution in [2.75, 3.05) is 20.2 Å². The number of likely N-dealkylation sites (N-methyl/N-ethyl adjacent to an activating group) is 1. The standard InChI is InChI=1S/C6H15NO.C2H6/c1-4-7-5-6(2)8-3;1-2/h6-7H,4-5H2,1-3H3;1-2H3. The van der Waals surface area contributed by atoms with E-state index in [2.05, 4.69) is 12.2 Å². The Hall–Kier alpha value is -0.0800. The summed E-state index contributed by atoms with van der Waals surface area (Å²) in [6.45, 7) is 10.1. The lowest BCUT2D eigenvalue weighted by molar-refractivity contribution is 0.118. The molecule has 0 aliphatic rings. The van der Waals surface area contributed by atoms with E-state index in [1.165, 1.54) is 0 Å². The molecule has 0 aromatic heterocycles. The summed E-state index contributed by atoms with van der Waals surface area (Å²) in [5.41, 5.74) is 0. The molecule has 0 heterocycles. The maximum Gasteiger partial charge on any atom is 0.0667 e. The highest BCUT2D eigenvalue weighted by Gasteiger charge is 1.93. The fourth-order valence-electron chi connectivity index (χ4n) is 0.431. The fourth-order valence-corrected chi connectivity index (χ4v) is 0.431. The molecule has 0 spiro atoms. The summed E-state index contributed by atoms with van der Waals surface area (Å²) in [4.78, 5) is 0. The first-order valence-corrected chi connectivity index (χ1v) is 4.04. The average Bonchev–Trinajstić information content (AvgIpc) is 2.04. The monoisotopic (exact) mass is 147 g/mol. The Morgan fingerprint density at radius 1 is 1.40 bits per heavy atom. The van der Waals surface area contributed by atoms with E-state index in [0.29, 0.717) is 6.10 Å². The van der Waals surface area contributed by atoms with Crippen LogP contribution in [0.2, 0.25) is 0 Å². The van der Waals surface area contributed by atoms with Crippen LogP contribution in [0.15, 0.2) is 0 Å². The Kier molecular flexibility index (Phi) is 14.7. The zero-order valence-corrected chi connectivity index (χ0v) is 7.90. The molecule has 0 saturated carbocycles. The maximum atomic E-state index is 4.99. The molecular formula is C8H21NO. The number of methoxy groups -OCH3 is 1. The first-order valence-electron chi connectivity index (χ1n) is 4.04. The average molecular weight is 147 g/mol. The summed E-state index contributed by atoms with van der Waals surface area (Å²) >= 11 is 0. The van der Waals surface area contributed by atoms with Gasteiger partial charge in [0.25, 0.3) is 0 Å². The van der Waals surface area contributed by atoms with Crippen LogP contribution in [0, 0.1) is 0 Å². The van der Waals surface area contributed by atoms with Gasteiger partial charge in [0.1, 0.15) is 0 Å². The van der Waals surface area contributed by atoms with E-state index < -0.39 is 0 Å². The van der Waals surface area contributed by atoms with Gasteiger partial charge >= 0.3 is 0 Å². The summed E-state index contributed by atoms with van der Waals surface area (Å²) < 4.78 is 4.99. The van der Waals surface area contributed by atoms with Gasteiger partial charge in [-0.15, -0.1) is 0 Å². The molecule has 0 fully saturated rings. The SMILES string of the molecule is CC.CCNCC(C)OC. The van der Waals surface area contributed by atoms with Crippen molar-refractivity contribution in [2.24, 2.45) is 0 Å². The number of rotatable bonds is 4. The predicted molar refractivity (Wildman–Crippen MR) is 46.4 cm³/mol. The third-order valence-electron chi connectivity index (χ3n) is 1.08. The van der Waals surface area contributed by atoms with Gasteiger partial charge in [-0.05, 0) is 13.5 Å². The molecule has 0 bridgehead atoms. The van der Waals surface area contributed by atoms with Gasteiger partial charge in [0.05, 0.1) is 6.10 Å². The minimum absolute atomic E-state index is 0.343. The van der Waals surface area contributed by atoms with Gasteiger partial charge in [0, 0.05) is 13.7 Å². The van der Waals surface area contributed by atoms with E-state index in [1.54, 1.807) is 7.11 Å². The summed E-state index contributed by atoms with van der Waals surface area (Å²) in [5.74, 6) is 0. The Bertz CT molecular complexity index is 48.5. The zero-order valence-electron chi connectivity index (χ0n) is 7.90. The van der Waals surface area contributed by atoms with Gasteiger partial charge < -0.3 is 10.1 Å². The van der Waals surface area contributed by atoms with Crippen LogP contribution in [0.3, 0.4) is 0 Å². The van der Waals surface area contributed by atoms with Crippen molar-refractivity contribution in [3.8, 4) is 0 Å². The van der Waals surface area contributed by atoms with Gasteiger partial charge in [-0.2, -0.15) is 0 Å². The van der Waals surface area contributed by atoms with E-state index in [-0.39, 0.29) is 0 Å². The van der Waals surface area contributed by atoms with Crippen LogP contribution in [0.5, 0.6) is 0 Å². The Morgan fingerprint density at radius 2 is 1.90 bits per heavy atom. The third kappa shape index (κ3) is 10.8. The van der Waals surface area contributed by atoms with Crippen molar-refractivity contribution in [1.82, 2.24) is 5.32 Å². The first kappa shape index (κ1) is 12.6. The van der Waals surface area contributed by atoms with Crippen LogP contribution < -0.4 is 5.32 Å². The molecule has 0 radical (unpaired) electrons. The highest BCUT2D eigenvalue weighted by Crippen LogP contribution is 1.81. The van der Waals surface area contributed by atoms with E-state index in [4.69, 9.17) is 4.74 Å². The molecule has 0 rings (SSSR count). The molecule has 1 atom stereocenters. The second kappa shape index (κ2) is 11.7. The van der Waals surface area contributed by atoms with Crippen molar-refractivity contribution < 1.29 is 4.74 Å². The van der Waals surface area contributed by atoms with E-state index >= 15 is 0 Å². The van der Waals surface area contributed by atoms with Gasteiger partial charge in [-0.25, -0.2) is 0 Å². The van der Waals surface area contributed by atoms with Crippen molar-refractivity contribution in [2.45, 2.75) is 33.8 Å². The van der Waals surface area contributed by atoms with E-state index in [9.17, 15) is 0 Å². The quantitative estimate of drug-likeness (QED) is 0.653. The highest BCUT2D eigenvalue weighted by atomic mass is 16.5. The topological polar surface area (TPSA) is 21.3 Å². The Labute approximate surface area is 65.0 Å². The van der Waals surface area contributed by atoms with E-state index in [0.717, 1.165) is 13.1 Å². The van der Waals surface area contributed by atoms with Crippen LogP contribution in [-0.2, 0) is 4.74 Å². The summed E-state index contributed by atoms with van der Waals surface area (Å²) in [7, 11) is 1.72. The predicted octanol–water partition coefficient (Wildman–Crippen LogP) is 1.66. The molecule has 0 aliphatic heterocycles. The van der Waals surface area contributed by atoms with Crippen LogP contribution >= 0.6 is 0 Å². The number of ether oxygens (including phenoxy) is 1. The molecule has 2 heteroatoms. The van der Waals surface area contributed by atoms with Crippen molar-refractivity contribution in [3.05, 3.63) is 0 Å². The molecule has 0 aromatic rings. The third-order valence-corrected chi connectivity index (χ3v) is 1.08. The minimum Gasteiger partial charge on any atom is -0.380 e. The molecule has 0 aliphatic carbocycles. The maximum absolute atomic E-state index is 4.99. The molecular weight excluding hydrogens is 126 g/mol.